The molecule has 0 bridgehead atoms. The Morgan fingerprint density at radius 1 is 0.880 bits per heavy atom. The zero-order valence-electron chi connectivity index (χ0n) is 13.6. The van der Waals surface area contributed by atoms with Crippen molar-refractivity contribution in [2.45, 2.75) is 18.1 Å². The van der Waals surface area contributed by atoms with Crippen LogP contribution in [0.15, 0.2) is 54.6 Å². The monoisotopic (exact) mass is 357 g/mol. The summed E-state index contributed by atoms with van der Waals surface area (Å²) in [7, 11) is 0. The molecule has 0 radical (unpaired) electrons. The summed E-state index contributed by atoms with van der Waals surface area (Å²) in [6, 6.07) is 17.3. The third-order valence-electron chi connectivity index (χ3n) is 3.68. The molecule has 1 heterocycles. The van der Waals surface area contributed by atoms with E-state index in [-0.39, 0.29) is 16.4 Å². The van der Waals surface area contributed by atoms with E-state index in [9.17, 15) is 9.59 Å². The number of hydrogen-bond donors (Lipinski definition) is 1. The van der Waals surface area contributed by atoms with E-state index in [1.54, 1.807) is 0 Å². The van der Waals surface area contributed by atoms with Gasteiger partial charge in [0.15, 0.2) is 0 Å². The van der Waals surface area contributed by atoms with Gasteiger partial charge in [-0.3, -0.25) is 14.9 Å². The maximum Gasteiger partial charge on any atom is 0.286 e. The number of para-hydroxylation sites is 1. The molecule has 0 spiro atoms. The molecule has 1 unspecified atom stereocenters. The van der Waals surface area contributed by atoms with Gasteiger partial charge in [-0.2, -0.15) is 0 Å². The molecule has 1 N–H and O–H groups in total. The smallest absolute Gasteiger partial charge is 0.286 e. The summed E-state index contributed by atoms with van der Waals surface area (Å²) >= 11 is 1.05. The van der Waals surface area contributed by atoms with E-state index >= 15 is 0 Å². The quantitative estimate of drug-likeness (QED) is 0.733. The van der Waals surface area contributed by atoms with E-state index in [2.05, 4.69) is 5.32 Å². The fraction of sp³-hybridized carbons (Fsp3) is 0.263. The van der Waals surface area contributed by atoms with Crippen LogP contribution in [0.3, 0.4) is 0 Å². The van der Waals surface area contributed by atoms with Crippen LogP contribution in [-0.4, -0.2) is 29.6 Å². The molecular weight excluding hydrogens is 338 g/mol. The summed E-state index contributed by atoms with van der Waals surface area (Å²) in [5, 5.41) is 1.69. The fourth-order valence-electron chi connectivity index (χ4n) is 2.42. The zero-order valence-corrected chi connectivity index (χ0v) is 14.5. The average molecular weight is 357 g/mol. The largest absolute Gasteiger partial charge is 0.493 e. The van der Waals surface area contributed by atoms with Crippen molar-refractivity contribution in [2.24, 2.45) is 0 Å². The number of imide groups is 1. The first-order chi connectivity index (χ1) is 12.2. The first-order valence-electron chi connectivity index (χ1n) is 8.12. The lowest BCUT2D eigenvalue weighted by Crippen LogP contribution is -2.25. The summed E-state index contributed by atoms with van der Waals surface area (Å²) in [6.07, 6.45) is 1.32. The maximum atomic E-state index is 11.6. The maximum absolute atomic E-state index is 11.6. The highest BCUT2D eigenvalue weighted by atomic mass is 32.2. The summed E-state index contributed by atoms with van der Waals surface area (Å²) in [5.41, 5.74) is 1.00. The Morgan fingerprint density at radius 3 is 2.12 bits per heavy atom. The number of nitrogens with one attached hydrogen (secondary N) is 1. The molecule has 3 rings (SSSR count). The van der Waals surface area contributed by atoms with Gasteiger partial charge in [-0.15, -0.1) is 0 Å². The SMILES string of the molecule is O=C1NC(=O)C(Cc2ccc(OCCCOc3ccccc3)cc2)S1. The Morgan fingerprint density at radius 2 is 1.52 bits per heavy atom. The minimum Gasteiger partial charge on any atom is -0.493 e. The van der Waals surface area contributed by atoms with Crippen LogP contribution in [0.25, 0.3) is 0 Å². The molecule has 1 aliphatic heterocycles. The molecule has 1 aliphatic rings. The van der Waals surface area contributed by atoms with Gasteiger partial charge in [0.25, 0.3) is 5.24 Å². The van der Waals surface area contributed by atoms with E-state index in [4.69, 9.17) is 9.47 Å². The number of rotatable bonds is 8. The van der Waals surface area contributed by atoms with Gasteiger partial charge < -0.3 is 9.47 Å². The van der Waals surface area contributed by atoms with Crippen molar-refractivity contribution in [3.63, 3.8) is 0 Å². The molecule has 0 aliphatic carbocycles. The van der Waals surface area contributed by atoms with E-state index < -0.39 is 0 Å². The van der Waals surface area contributed by atoms with Gasteiger partial charge in [0.1, 0.15) is 11.5 Å². The van der Waals surface area contributed by atoms with Gasteiger partial charge >= 0.3 is 0 Å². The average Bonchev–Trinajstić information content (AvgIpc) is 2.94. The normalized spacial score (nSPS) is 16.6. The predicted octanol–water partition coefficient (Wildman–Crippen LogP) is 3.43. The highest BCUT2D eigenvalue weighted by molar-refractivity contribution is 8.15. The Balaban J connectivity index is 1.37. The summed E-state index contributed by atoms with van der Waals surface area (Å²) in [6.45, 7) is 1.17. The van der Waals surface area contributed by atoms with Crippen molar-refractivity contribution < 1.29 is 19.1 Å². The van der Waals surface area contributed by atoms with Crippen molar-refractivity contribution in [1.82, 2.24) is 5.32 Å². The summed E-state index contributed by atoms with van der Waals surface area (Å²) in [5.74, 6) is 1.43. The van der Waals surface area contributed by atoms with E-state index in [0.29, 0.717) is 19.6 Å². The van der Waals surface area contributed by atoms with Crippen LogP contribution in [0.5, 0.6) is 11.5 Å². The second-order valence-corrected chi connectivity index (χ2v) is 6.77. The molecule has 0 saturated carbocycles. The van der Waals surface area contributed by atoms with Crippen LogP contribution in [0.1, 0.15) is 12.0 Å². The first-order valence-corrected chi connectivity index (χ1v) is 9.00. The molecular formula is C19H19NO4S. The summed E-state index contributed by atoms with van der Waals surface area (Å²) < 4.78 is 11.3. The lowest BCUT2D eigenvalue weighted by atomic mass is 10.1. The predicted molar refractivity (Wildman–Crippen MR) is 97.1 cm³/mol. The number of amides is 2. The number of carbonyl (C=O) groups is 2. The van der Waals surface area contributed by atoms with Gasteiger partial charge in [0, 0.05) is 6.42 Å². The van der Waals surface area contributed by atoms with Crippen LogP contribution in [-0.2, 0) is 11.2 Å². The molecule has 130 valence electrons. The van der Waals surface area contributed by atoms with Crippen LogP contribution in [0, 0.1) is 0 Å². The van der Waals surface area contributed by atoms with Crippen molar-refractivity contribution in [2.75, 3.05) is 13.2 Å². The molecule has 25 heavy (non-hydrogen) atoms. The Bertz CT molecular complexity index is 718. The highest BCUT2D eigenvalue weighted by Crippen LogP contribution is 2.23. The standard InChI is InChI=1S/C19H19NO4S/c21-18-17(25-19(22)20-18)13-14-7-9-16(10-8-14)24-12-4-11-23-15-5-2-1-3-6-15/h1-3,5-10,17H,4,11-13H2,(H,20,21,22). The summed E-state index contributed by atoms with van der Waals surface area (Å²) in [4.78, 5) is 22.7. The number of thioether (sulfide) groups is 1. The van der Waals surface area contributed by atoms with Crippen molar-refractivity contribution in [3.8, 4) is 11.5 Å². The second-order valence-electron chi connectivity index (χ2n) is 5.59. The van der Waals surface area contributed by atoms with Gasteiger partial charge in [-0.1, -0.05) is 42.1 Å². The van der Waals surface area contributed by atoms with E-state index in [0.717, 1.165) is 35.2 Å². The minimum absolute atomic E-state index is 0.214. The molecule has 2 aromatic rings. The number of ether oxygens (including phenoxy) is 2. The van der Waals surface area contributed by atoms with Crippen molar-refractivity contribution >= 4 is 22.9 Å². The van der Waals surface area contributed by atoms with E-state index in [1.807, 2.05) is 54.6 Å². The molecule has 1 atom stereocenters. The van der Waals surface area contributed by atoms with Crippen LogP contribution >= 0.6 is 11.8 Å². The van der Waals surface area contributed by atoms with Crippen molar-refractivity contribution in [3.05, 3.63) is 60.2 Å². The van der Waals surface area contributed by atoms with Gasteiger partial charge in [0.2, 0.25) is 5.91 Å². The van der Waals surface area contributed by atoms with Crippen LogP contribution < -0.4 is 14.8 Å². The number of hydrogen-bond acceptors (Lipinski definition) is 5. The fourth-order valence-corrected chi connectivity index (χ4v) is 3.28. The Labute approximate surface area is 150 Å². The number of benzene rings is 2. The van der Waals surface area contributed by atoms with Crippen LogP contribution in [0.4, 0.5) is 4.79 Å². The molecule has 5 nitrogen and oxygen atoms in total. The molecule has 2 aromatic carbocycles. The molecule has 1 saturated heterocycles. The Kier molecular flexibility index (Phi) is 5.95. The van der Waals surface area contributed by atoms with Crippen LogP contribution in [0.2, 0.25) is 0 Å². The van der Waals surface area contributed by atoms with Gasteiger partial charge in [0.05, 0.1) is 18.5 Å². The second kappa shape index (κ2) is 8.58. The lowest BCUT2D eigenvalue weighted by Gasteiger charge is -2.09. The minimum atomic E-state index is -0.339. The molecule has 2 amide bonds. The first kappa shape index (κ1) is 17.4. The van der Waals surface area contributed by atoms with Gasteiger partial charge in [-0.25, -0.2) is 0 Å². The number of carbonyl (C=O) groups excluding carboxylic acids is 2. The van der Waals surface area contributed by atoms with Crippen molar-refractivity contribution in [1.29, 1.82) is 0 Å². The lowest BCUT2D eigenvalue weighted by molar-refractivity contribution is -0.118. The third-order valence-corrected chi connectivity index (χ3v) is 4.66. The Hall–Kier alpha value is -2.47. The molecule has 0 aromatic heterocycles. The topological polar surface area (TPSA) is 64.6 Å². The van der Waals surface area contributed by atoms with Gasteiger partial charge in [-0.05, 0) is 36.2 Å². The molecule has 1 fully saturated rings. The molecule has 6 heteroatoms. The van der Waals surface area contributed by atoms with E-state index in [1.165, 1.54) is 0 Å². The third kappa shape index (κ3) is 5.26. The highest BCUT2D eigenvalue weighted by Gasteiger charge is 2.31. The zero-order chi connectivity index (χ0) is 17.5.